The summed E-state index contributed by atoms with van der Waals surface area (Å²) in [5.41, 5.74) is 2.32. The number of halogens is 4. The molecule has 0 aliphatic heterocycles. The molecule has 5 rings (SSSR count). The fourth-order valence-electron chi connectivity index (χ4n) is 4.92. The standard InChI is InChI=1S/C33H30ClF3N4O3S2/c1-33(2,22-6-11-28(36)30(15-22)44-3)31-19-39-32(41(31)24-9-7-23(35)8-10-24)45-20-26-27(34)16-25(17-29(26)37)46(42,43)40-14-12-21-5-4-13-38-18-21/h4-11,13,15-19,40H,12,14,20H2,1-3H3/p+1. The predicted molar refractivity (Wildman–Crippen MR) is 171 cm³/mol. The van der Waals surface area contributed by atoms with E-state index in [0.29, 0.717) is 23.0 Å². The summed E-state index contributed by atoms with van der Waals surface area (Å²) in [6.45, 7) is 3.99. The Morgan fingerprint density at radius 3 is 2.48 bits per heavy atom. The van der Waals surface area contributed by atoms with Crippen molar-refractivity contribution in [3.63, 3.8) is 0 Å². The van der Waals surface area contributed by atoms with Crippen molar-refractivity contribution in [3.05, 3.63) is 130 Å². The molecule has 0 spiro atoms. The lowest BCUT2D eigenvalue weighted by Crippen LogP contribution is -2.26. The Hall–Kier alpha value is -3.84. The van der Waals surface area contributed by atoms with E-state index in [9.17, 15) is 17.2 Å². The van der Waals surface area contributed by atoms with Crippen LogP contribution in [0, 0.1) is 17.5 Å². The summed E-state index contributed by atoms with van der Waals surface area (Å²) < 4.78 is 78.8. The largest absolute Gasteiger partial charge is 0.494 e. The molecule has 0 atom stereocenters. The topological polar surface area (TPSA) is 87.4 Å². The highest BCUT2D eigenvalue weighted by Crippen LogP contribution is 2.39. The quantitative estimate of drug-likeness (QED) is 0.144. The number of rotatable bonds is 12. The molecule has 13 heteroatoms. The Balaban J connectivity index is 1.42. The first-order valence-corrected chi connectivity index (χ1v) is 17.0. The number of benzene rings is 3. The second kappa shape index (κ2) is 13.9. The van der Waals surface area contributed by atoms with Gasteiger partial charge in [-0.25, -0.2) is 36.3 Å². The number of nitrogens with zero attached hydrogens (tertiary/aromatic N) is 2. The van der Waals surface area contributed by atoms with Gasteiger partial charge >= 0.3 is 0 Å². The van der Waals surface area contributed by atoms with E-state index in [4.69, 9.17) is 16.3 Å². The Labute approximate surface area is 274 Å². The van der Waals surface area contributed by atoms with Crippen molar-refractivity contribution in [1.29, 1.82) is 0 Å². The summed E-state index contributed by atoms with van der Waals surface area (Å²) in [4.78, 5) is 7.27. The van der Waals surface area contributed by atoms with Gasteiger partial charge < -0.3 is 4.74 Å². The summed E-state index contributed by atoms with van der Waals surface area (Å²) in [5, 5.41) is 0.403. The van der Waals surface area contributed by atoms with Crippen LogP contribution in [0.1, 0.15) is 36.2 Å². The van der Waals surface area contributed by atoms with Crippen LogP contribution >= 0.6 is 23.4 Å². The summed E-state index contributed by atoms with van der Waals surface area (Å²) in [6.07, 6.45) is 5.62. The molecule has 0 radical (unpaired) electrons. The van der Waals surface area contributed by atoms with Gasteiger partial charge in [-0.1, -0.05) is 43.3 Å². The van der Waals surface area contributed by atoms with Crippen molar-refractivity contribution < 1.29 is 31.3 Å². The number of aromatic nitrogens is 3. The number of nitrogens with one attached hydrogen (secondary N) is 2. The van der Waals surface area contributed by atoms with E-state index in [1.54, 1.807) is 42.9 Å². The van der Waals surface area contributed by atoms with Crippen LogP contribution in [0.4, 0.5) is 13.2 Å². The first-order chi connectivity index (χ1) is 21.9. The number of ether oxygens (including phenoxy) is 1. The highest BCUT2D eigenvalue weighted by molar-refractivity contribution is 7.98. The van der Waals surface area contributed by atoms with Crippen molar-refractivity contribution in [2.45, 2.75) is 41.5 Å². The molecule has 0 fully saturated rings. The second-order valence-electron chi connectivity index (χ2n) is 10.9. The van der Waals surface area contributed by atoms with Crippen LogP contribution in [-0.2, 0) is 27.6 Å². The van der Waals surface area contributed by atoms with Gasteiger partial charge in [0, 0.05) is 45.6 Å². The molecule has 7 nitrogen and oxygen atoms in total. The third-order valence-electron chi connectivity index (χ3n) is 7.58. The maximum absolute atomic E-state index is 15.4. The normalized spacial score (nSPS) is 12.0. The molecule has 5 aromatic rings. The van der Waals surface area contributed by atoms with Gasteiger partial charge in [-0.2, -0.15) is 0 Å². The van der Waals surface area contributed by atoms with Gasteiger partial charge in [0.1, 0.15) is 11.6 Å². The van der Waals surface area contributed by atoms with Gasteiger partial charge in [0.15, 0.2) is 29.1 Å². The van der Waals surface area contributed by atoms with Gasteiger partial charge in [-0.05, 0) is 66.6 Å². The van der Waals surface area contributed by atoms with E-state index in [0.717, 1.165) is 17.2 Å². The van der Waals surface area contributed by atoms with E-state index < -0.39 is 32.9 Å². The molecule has 2 aromatic heterocycles. The molecule has 0 amide bonds. The van der Waals surface area contributed by atoms with E-state index in [1.807, 2.05) is 30.5 Å². The maximum Gasteiger partial charge on any atom is 0.240 e. The molecule has 0 bridgehead atoms. The number of H-pyrrole nitrogens is 1. The minimum Gasteiger partial charge on any atom is -0.494 e. The molecule has 0 saturated heterocycles. The molecule has 46 heavy (non-hydrogen) atoms. The summed E-state index contributed by atoms with van der Waals surface area (Å²) in [6, 6.07) is 16.3. The van der Waals surface area contributed by atoms with E-state index in [-0.39, 0.29) is 33.5 Å². The third-order valence-corrected chi connectivity index (χ3v) is 10.3. The number of methoxy groups -OCH3 is 1. The number of pyridine rings is 1. The molecule has 0 aliphatic carbocycles. The monoisotopic (exact) mass is 687 g/mol. The number of hydrogen-bond donors (Lipinski definition) is 1. The highest BCUT2D eigenvalue weighted by Gasteiger charge is 2.31. The van der Waals surface area contributed by atoms with Gasteiger partial charge in [0.05, 0.1) is 23.9 Å². The lowest BCUT2D eigenvalue weighted by molar-refractivity contribution is -0.378. The second-order valence-corrected chi connectivity index (χ2v) is 14.0. The van der Waals surface area contributed by atoms with Crippen molar-refractivity contribution in [3.8, 4) is 11.4 Å². The number of aromatic amines is 1. The first kappa shape index (κ1) is 33.5. The first-order valence-electron chi connectivity index (χ1n) is 14.1. The number of thioether (sulfide) groups is 1. The highest BCUT2D eigenvalue weighted by atomic mass is 35.5. The molecule has 0 saturated carbocycles. The van der Waals surface area contributed by atoms with Crippen LogP contribution in [0.25, 0.3) is 5.69 Å². The molecule has 2 N–H and O–H groups in total. The summed E-state index contributed by atoms with van der Waals surface area (Å²) in [7, 11) is -2.63. The lowest BCUT2D eigenvalue weighted by Gasteiger charge is -2.28. The Morgan fingerprint density at radius 1 is 1.04 bits per heavy atom. The SMILES string of the molecule is COc1cc(C(C)(C)c2cnc(SCc3c(F)cc(S(=O)(=O)NCCc4ccc[nH+]c4)cc3Cl)n2-c2ccc(F)cc2)ccc1F. The predicted octanol–water partition coefficient (Wildman–Crippen LogP) is 6.90. The smallest absolute Gasteiger partial charge is 0.240 e. The van der Waals surface area contributed by atoms with Crippen LogP contribution in [0.3, 0.4) is 0 Å². The maximum atomic E-state index is 15.4. The van der Waals surface area contributed by atoms with Gasteiger partial charge in [-0.3, -0.25) is 4.57 Å². The Bertz CT molecular complexity index is 1930. The Morgan fingerprint density at radius 2 is 1.80 bits per heavy atom. The molecule has 0 aliphatic rings. The number of sulfonamides is 1. The average molecular weight is 688 g/mol. The fourth-order valence-corrected chi connectivity index (χ4v) is 7.44. The van der Waals surface area contributed by atoms with Crippen molar-refractivity contribution >= 4 is 33.4 Å². The number of hydrogen-bond acceptors (Lipinski definition) is 5. The molecule has 240 valence electrons. The average Bonchev–Trinajstić information content (AvgIpc) is 3.46. The van der Waals surface area contributed by atoms with Gasteiger partial charge in [-0.15, -0.1) is 0 Å². The van der Waals surface area contributed by atoms with Crippen molar-refractivity contribution in [1.82, 2.24) is 14.3 Å². The zero-order chi connectivity index (χ0) is 33.1. The van der Waals surface area contributed by atoms with E-state index in [2.05, 4.69) is 14.7 Å². The molecule has 0 unspecified atom stereocenters. The molecule has 2 heterocycles. The minimum absolute atomic E-state index is 0.0192. The van der Waals surface area contributed by atoms with Gasteiger partial charge in [0.2, 0.25) is 10.0 Å². The zero-order valence-electron chi connectivity index (χ0n) is 25.2. The third kappa shape index (κ3) is 7.25. The van der Waals surface area contributed by atoms with Crippen LogP contribution in [0.2, 0.25) is 5.02 Å². The fraction of sp³-hybridized carbons (Fsp3) is 0.212. The van der Waals surface area contributed by atoms with Crippen LogP contribution in [0.5, 0.6) is 5.75 Å². The Kier molecular flexibility index (Phi) is 10.1. The minimum atomic E-state index is -4.02. The number of imidazole rings is 1. The van der Waals surface area contributed by atoms with E-state index >= 15 is 4.39 Å². The molecular formula is C33H31ClF3N4O3S2+. The lowest BCUT2D eigenvalue weighted by atomic mass is 9.81. The van der Waals surface area contributed by atoms with Crippen molar-refractivity contribution in [2.24, 2.45) is 0 Å². The summed E-state index contributed by atoms with van der Waals surface area (Å²) in [5.74, 6) is -1.58. The molecule has 3 aromatic carbocycles. The zero-order valence-corrected chi connectivity index (χ0v) is 27.5. The van der Waals surface area contributed by atoms with Gasteiger partial charge in [0.25, 0.3) is 0 Å². The summed E-state index contributed by atoms with van der Waals surface area (Å²) >= 11 is 7.62. The molecular weight excluding hydrogens is 657 g/mol. The van der Waals surface area contributed by atoms with Crippen LogP contribution < -0.4 is 14.4 Å². The van der Waals surface area contributed by atoms with Crippen molar-refractivity contribution in [2.75, 3.05) is 13.7 Å². The van der Waals surface area contributed by atoms with Crippen LogP contribution in [-0.4, -0.2) is 31.6 Å². The van der Waals surface area contributed by atoms with E-state index in [1.165, 1.54) is 43.1 Å². The van der Waals surface area contributed by atoms with Crippen LogP contribution in [0.15, 0.2) is 95.4 Å².